The Bertz CT molecular complexity index is 1100. The Hall–Kier alpha value is -3.85. The molecule has 0 spiro atoms. The van der Waals surface area contributed by atoms with Crippen LogP contribution in [0.4, 0.5) is 24.5 Å². The molecule has 0 unspecified atom stereocenters. The van der Waals surface area contributed by atoms with Gasteiger partial charge in [-0.2, -0.15) is 13.2 Å². The van der Waals surface area contributed by atoms with Gasteiger partial charge in [0.1, 0.15) is 5.75 Å². The number of nitrogens with zero attached hydrogens (tertiary/aromatic N) is 1. The number of rotatable bonds is 6. The molecule has 0 aromatic heterocycles. The highest BCUT2D eigenvalue weighted by Crippen LogP contribution is 2.30. The molecule has 0 saturated carbocycles. The number of hydrogen-bond acceptors (Lipinski definition) is 4. The number of fused-ring (bicyclic) bond motifs is 1. The zero-order chi connectivity index (χ0) is 26.1. The molecular formula is C27H27F3N2O4. The van der Waals surface area contributed by atoms with Crippen molar-refractivity contribution in [3.8, 4) is 5.75 Å². The third-order valence-electron chi connectivity index (χ3n) is 5.73. The molecule has 1 atom stereocenters. The topological polar surface area (TPSA) is 78.9 Å². The summed E-state index contributed by atoms with van der Waals surface area (Å²) >= 11 is 0. The average molecular weight is 501 g/mol. The van der Waals surface area contributed by atoms with Crippen LogP contribution in [0.5, 0.6) is 5.75 Å². The Kier molecular flexibility index (Phi) is 9.08. The van der Waals surface area contributed by atoms with Crippen LogP contribution in [-0.2, 0) is 22.4 Å². The van der Waals surface area contributed by atoms with E-state index in [4.69, 9.17) is 14.6 Å². The fourth-order valence-corrected chi connectivity index (χ4v) is 4.02. The maximum Gasteiger partial charge on any atom is 0.490 e. The highest BCUT2D eigenvalue weighted by molar-refractivity contribution is 6.01. The molecule has 0 heterocycles. The average Bonchev–Trinajstić information content (AvgIpc) is 2.88. The summed E-state index contributed by atoms with van der Waals surface area (Å²) in [6, 6.07) is 26.1. The molecule has 0 fully saturated rings. The second-order valence-corrected chi connectivity index (χ2v) is 8.12. The van der Waals surface area contributed by atoms with E-state index in [1.54, 1.807) is 12.0 Å². The normalized spacial score (nSPS) is 14.6. The zero-order valence-corrected chi connectivity index (χ0v) is 19.7. The first-order chi connectivity index (χ1) is 17.2. The summed E-state index contributed by atoms with van der Waals surface area (Å²) in [6.07, 6.45) is -2.19. The van der Waals surface area contributed by atoms with Gasteiger partial charge in [0.25, 0.3) is 0 Å². The molecule has 0 saturated heterocycles. The largest absolute Gasteiger partial charge is 0.496 e. The molecule has 1 aliphatic rings. The molecule has 2 N–H and O–H groups in total. The van der Waals surface area contributed by atoms with Crippen LogP contribution in [0.3, 0.4) is 0 Å². The van der Waals surface area contributed by atoms with E-state index in [9.17, 15) is 18.0 Å². The van der Waals surface area contributed by atoms with E-state index in [2.05, 4.69) is 11.4 Å². The van der Waals surface area contributed by atoms with Crippen LogP contribution in [0.1, 0.15) is 17.5 Å². The van der Waals surface area contributed by atoms with Gasteiger partial charge in [-0.15, -0.1) is 0 Å². The van der Waals surface area contributed by atoms with Gasteiger partial charge < -0.3 is 15.2 Å². The van der Waals surface area contributed by atoms with Crippen LogP contribution in [0.2, 0.25) is 0 Å². The molecule has 1 aliphatic carbocycles. The summed E-state index contributed by atoms with van der Waals surface area (Å²) < 4.78 is 37.3. The summed E-state index contributed by atoms with van der Waals surface area (Å²) in [5, 5.41) is 10.6. The van der Waals surface area contributed by atoms with Gasteiger partial charge in [-0.05, 0) is 60.7 Å². The second-order valence-electron chi connectivity index (χ2n) is 8.12. The van der Waals surface area contributed by atoms with Crippen molar-refractivity contribution in [1.29, 1.82) is 0 Å². The zero-order valence-electron chi connectivity index (χ0n) is 19.7. The van der Waals surface area contributed by atoms with E-state index in [1.807, 2.05) is 72.8 Å². The molecule has 0 bridgehead atoms. The van der Waals surface area contributed by atoms with Crippen molar-refractivity contribution < 1.29 is 32.6 Å². The number of methoxy groups -OCH3 is 1. The Morgan fingerprint density at radius 2 is 1.53 bits per heavy atom. The Labute approximate surface area is 207 Å². The van der Waals surface area contributed by atoms with Crippen molar-refractivity contribution in [3.05, 3.63) is 90.0 Å². The van der Waals surface area contributed by atoms with E-state index < -0.39 is 12.1 Å². The summed E-state index contributed by atoms with van der Waals surface area (Å²) in [5.41, 5.74) is 4.36. The molecule has 4 rings (SSSR count). The number of amides is 1. The van der Waals surface area contributed by atoms with Crippen molar-refractivity contribution in [2.24, 2.45) is 0 Å². The van der Waals surface area contributed by atoms with Gasteiger partial charge in [-0.25, -0.2) is 4.79 Å². The number of anilines is 2. The standard InChI is InChI=1S/C25H26N2O2.C2HF3O2/c1-29-24-14-8-9-19-15-16-20(17-23(19)24)26-18-25(28)27(21-10-4-2-5-11-21)22-12-6-3-7-13-22;3-2(4,5)1(6)7/h2-14,20,26H,15-18H2,1H3;(H,6,7)/t20-;/m0./s1. The molecule has 9 heteroatoms. The number of carboxylic acids is 1. The Morgan fingerprint density at radius 1 is 0.972 bits per heavy atom. The molecule has 3 aromatic carbocycles. The number of carbonyl (C=O) groups excluding carboxylic acids is 1. The number of halogens is 3. The lowest BCUT2D eigenvalue weighted by molar-refractivity contribution is -0.192. The number of aliphatic carboxylic acids is 1. The van der Waals surface area contributed by atoms with E-state index >= 15 is 0 Å². The van der Waals surface area contributed by atoms with Crippen LogP contribution in [-0.4, -0.2) is 42.9 Å². The van der Waals surface area contributed by atoms with Crippen LogP contribution >= 0.6 is 0 Å². The highest BCUT2D eigenvalue weighted by atomic mass is 19.4. The summed E-state index contributed by atoms with van der Waals surface area (Å²) in [5.74, 6) is -1.78. The lowest BCUT2D eigenvalue weighted by Crippen LogP contribution is -2.42. The quantitative estimate of drug-likeness (QED) is 0.490. The number of hydrogen-bond donors (Lipinski definition) is 2. The number of nitrogens with one attached hydrogen (secondary N) is 1. The smallest absolute Gasteiger partial charge is 0.490 e. The minimum Gasteiger partial charge on any atom is -0.496 e. The first-order valence-electron chi connectivity index (χ1n) is 11.3. The predicted molar refractivity (Wildman–Crippen MR) is 131 cm³/mol. The highest BCUT2D eigenvalue weighted by Gasteiger charge is 2.38. The van der Waals surface area contributed by atoms with Gasteiger partial charge in [-0.1, -0.05) is 48.5 Å². The molecule has 3 aromatic rings. The predicted octanol–water partition coefficient (Wildman–Crippen LogP) is 5.14. The van der Waals surface area contributed by atoms with Crippen LogP contribution < -0.4 is 15.0 Å². The van der Waals surface area contributed by atoms with E-state index in [1.165, 1.54) is 11.1 Å². The van der Waals surface area contributed by atoms with E-state index in [-0.39, 0.29) is 11.9 Å². The maximum absolute atomic E-state index is 13.2. The fourth-order valence-electron chi connectivity index (χ4n) is 4.02. The first kappa shape index (κ1) is 26.7. The molecule has 0 aliphatic heterocycles. The van der Waals surface area contributed by atoms with Gasteiger partial charge in [0.05, 0.1) is 13.7 Å². The van der Waals surface area contributed by atoms with Crippen LogP contribution in [0.15, 0.2) is 78.9 Å². The molecule has 6 nitrogen and oxygen atoms in total. The molecular weight excluding hydrogens is 473 g/mol. The van der Waals surface area contributed by atoms with Crippen molar-refractivity contribution in [1.82, 2.24) is 5.32 Å². The van der Waals surface area contributed by atoms with E-state index in [0.29, 0.717) is 6.54 Å². The van der Waals surface area contributed by atoms with Gasteiger partial charge >= 0.3 is 12.1 Å². The third-order valence-corrected chi connectivity index (χ3v) is 5.73. The third kappa shape index (κ3) is 7.08. The Balaban J connectivity index is 0.000000454. The summed E-state index contributed by atoms with van der Waals surface area (Å²) in [6.45, 7) is 0.291. The van der Waals surface area contributed by atoms with Crippen molar-refractivity contribution in [2.45, 2.75) is 31.5 Å². The first-order valence-corrected chi connectivity index (χ1v) is 11.3. The summed E-state index contributed by atoms with van der Waals surface area (Å²) in [7, 11) is 1.72. The lowest BCUT2D eigenvalue weighted by atomic mass is 9.87. The van der Waals surface area contributed by atoms with Gasteiger partial charge in [0.2, 0.25) is 5.91 Å². The second kappa shape index (κ2) is 12.2. The molecule has 36 heavy (non-hydrogen) atoms. The van der Waals surface area contributed by atoms with E-state index in [0.717, 1.165) is 36.4 Å². The minimum atomic E-state index is -5.08. The number of para-hydroxylation sites is 2. The van der Waals surface area contributed by atoms with Crippen LogP contribution in [0, 0.1) is 0 Å². The lowest BCUT2D eigenvalue weighted by Gasteiger charge is -2.28. The van der Waals surface area contributed by atoms with Crippen molar-refractivity contribution in [2.75, 3.05) is 18.6 Å². The minimum absolute atomic E-state index is 0.0354. The number of carbonyl (C=O) groups is 2. The molecule has 0 radical (unpaired) electrons. The monoisotopic (exact) mass is 500 g/mol. The summed E-state index contributed by atoms with van der Waals surface area (Å²) in [4.78, 5) is 23.9. The molecule has 1 amide bonds. The van der Waals surface area contributed by atoms with Gasteiger partial charge in [-0.3, -0.25) is 9.69 Å². The number of ether oxygens (including phenoxy) is 1. The molecule has 190 valence electrons. The fraction of sp³-hybridized carbons (Fsp3) is 0.259. The van der Waals surface area contributed by atoms with Crippen LogP contribution in [0.25, 0.3) is 0 Å². The maximum atomic E-state index is 13.2. The van der Waals surface area contributed by atoms with Crippen molar-refractivity contribution in [3.63, 3.8) is 0 Å². The number of aryl methyl sites for hydroxylation is 1. The van der Waals surface area contributed by atoms with Gasteiger partial charge in [0, 0.05) is 17.4 Å². The van der Waals surface area contributed by atoms with Gasteiger partial charge in [0.15, 0.2) is 0 Å². The number of carboxylic acid groups (broad SMARTS) is 1. The number of benzene rings is 3. The SMILES string of the molecule is COc1cccc2c1C[C@@H](NCC(=O)N(c1ccccc1)c1ccccc1)CC2.O=C(O)C(F)(F)F. The number of alkyl halides is 3. The Morgan fingerprint density at radius 3 is 2.03 bits per heavy atom. The van der Waals surface area contributed by atoms with Crippen molar-refractivity contribution >= 4 is 23.3 Å².